The van der Waals surface area contributed by atoms with Gasteiger partial charge in [-0.1, -0.05) is 6.92 Å². The maximum atomic E-state index is 4.65. The van der Waals surface area contributed by atoms with E-state index in [2.05, 4.69) is 53.0 Å². The zero-order valence-electron chi connectivity index (χ0n) is 11.2. The minimum atomic E-state index is 0.505. The number of aromatic nitrogens is 2. The highest BCUT2D eigenvalue weighted by Gasteiger charge is 2.16. The third-order valence-corrected chi connectivity index (χ3v) is 3.54. The Kier molecular flexibility index (Phi) is 4.18. The van der Waals surface area contributed by atoms with Gasteiger partial charge in [-0.2, -0.15) is 5.10 Å². The van der Waals surface area contributed by atoms with Crippen LogP contribution in [0.4, 0.5) is 0 Å². The lowest BCUT2D eigenvalue weighted by Crippen LogP contribution is -2.48. The second-order valence-corrected chi connectivity index (χ2v) is 5.13. The Morgan fingerprint density at radius 3 is 3.12 bits per heavy atom. The van der Waals surface area contributed by atoms with Gasteiger partial charge in [-0.05, 0) is 26.3 Å². The molecule has 1 aromatic rings. The number of hydrogen-bond donors (Lipinski definition) is 1. The van der Waals surface area contributed by atoms with Crippen LogP contribution < -0.4 is 5.32 Å². The van der Waals surface area contributed by atoms with Gasteiger partial charge >= 0.3 is 0 Å². The largest absolute Gasteiger partial charge is 0.312 e. The molecule has 1 aliphatic heterocycles. The van der Waals surface area contributed by atoms with Gasteiger partial charge in [-0.3, -0.25) is 9.58 Å². The summed E-state index contributed by atoms with van der Waals surface area (Å²) >= 11 is 0. The standard InChI is InChI=1S/C13H24N4/c1-4-12(3)17-7-5-13(15-17)10-16-8-6-14-11(2)9-16/h5,7,11-12,14H,4,6,8-10H2,1-3H3. The van der Waals surface area contributed by atoms with Crippen molar-refractivity contribution in [2.24, 2.45) is 0 Å². The molecule has 1 saturated heterocycles. The molecule has 0 bridgehead atoms. The first-order chi connectivity index (χ1) is 8.19. The van der Waals surface area contributed by atoms with E-state index in [1.54, 1.807) is 0 Å². The number of piperazine rings is 1. The highest BCUT2D eigenvalue weighted by molar-refractivity contribution is 5.00. The Balaban J connectivity index is 1.92. The molecule has 96 valence electrons. The molecule has 2 unspecified atom stereocenters. The maximum absolute atomic E-state index is 4.65. The zero-order valence-corrected chi connectivity index (χ0v) is 11.2. The highest BCUT2D eigenvalue weighted by atomic mass is 15.3. The van der Waals surface area contributed by atoms with E-state index in [0.717, 1.165) is 32.6 Å². The van der Waals surface area contributed by atoms with Crippen molar-refractivity contribution in [1.82, 2.24) is 20.0 Å². The van der Waals surface area contributed by atoms with Crippen LogP contribution in [0.15, 0.2) is 12.3 Å². The van der Waals surface area contributed by atoms with Crippen molar-refractivity contribution in [3.05, 3.63) is 18.0 Å². The Hall–Kier alpha value is -0.870. The van der Waals surface area contributed by atoms with Gasteiger partial charge in [-0.25, -0.2) is 0 Å². The lowest BCUT2D eigenvalue weighted by molar-refractivity contribution is 0.197. The van der Waals surface area contributed by atoms with Crippen molar-refractivity contribution in [3.63, 3.8) is 0 Å². The molecule has 0 aliphatic carbocycles. The van der Waals surface area contributed by atoms with Crippen molar-refractivity contribution < 1.29 is 0 Å². The SMILES string of the molecule is CCC(C)n1ccc(CN2CCNC(C)C2)n1. The molecule has 4 nitrogen and oxygen atoms in total. The predicted molar refractivity (Wildman–Crippen MR) is 70.0 cm³/mol. The molecule has 0 radical (unpaired) electrons. The Morgan fingerprint density at radius 2 is 2.41 bits per heavy atom. The van der Waals surface area contributed by atoms with Crippen LogP contribution in [-0.4, -0.2) is 40.4 Å². The van der Waals surface area contributed by atoms with E-state index < -0.39 is 0 Å². The number of nitrogens with one attached hydrogen (secondary N) is 1. The van der Waals surface area contributed by atoms with Crippen molar-refractivity contribution in [1.29, 1.82) is 0 Å². The Bertz CT molecular complexity index is 347. The van der Waals surface area contributed by atoms with Crippen LogP contribution >= 0.6 is 0 Å². The van der Waals surface area contributed by atoms with E-state index in [1.165, 1.54) is 5.69 Å². The van der Waals surface area contributed by atoms with Gasteiger partial charge in [0.15, 0.2) is 0 Å². The zero-order chi connectivity index (χ0) is 12.3. The summed E-state index contributed by atoms with van der Waals surface area (Å²) in [6, 6.07) is 3.25. The predicted octanol–water partition coefficient (Wildman–Crippen LogP) is 1.65. The third-order valence-electron chi connectivity index (χ3n) is 3.54. The van der Waals surface area contributed by atoms with Gasteiger partial charge in [0.1, 0.15) is 0 Å². The summed E-state index contributed by atoms with van der Waals surface area (Å²) < 4.78 is 2.08. The third kappa shape index (κ3) is 3.30. The summed E-state index contributed by atoms with van der Waals surface area (Å²) in [6.07, 6.45) is 3.24. The summed E-state index contributed by atoms with van der Waals surface area (Å²) in [4.78, 5) is 2.48. The topological polar surface area (TPSA) is 33.1 Å². The van der Waals surface area contributed by atoms with Gasteiger partial charge in [0, 0.05) is 44.5 Å². The molecule has 0 amide bonds. The van der Waals surface area contributed by atoms with Crippen molar-refractivity contribution >= 4 is 0 Å². The van der Waals surface area contributed by atoms with Crippen LogP contribution in [0.25, 0.3) is 0 Å². The molecular formula is C13H24N4. The van der Waals surface area contributed by atoms with Gasteiger partial charge in [0.25, 0.3) is 0 Å². The number of nitrogens with zero attached hydrogens (tertiary/aromatic N) is 3. The van der Waals surface area contributed by atoms with E-state index in [0.29, 0.717) is 12.1 Å². The van der Waals surface area contributed by atoms with E-state index in [4.69, 9.17) is 0 Å². The van der Waals surface area contributed by atoms with Gasteiger partial charge in [-0.15, -0.1) is 0 Å². The molecule has 4 heteroatoms. The first kappa shape index (κ1) is 12.6. The van der Waals surface area contributed by atoms with Crippen LogP contribution in [0.1, 0.15) is 38.9 Å². The number of hydrogen-bond acceptors (Lipinski definition) is 3. The van der Waals surface area contributed by atoms with E-state index >= 15 is 0 Å². The molecule has 2 atom stereocenters. The number of rotatable bonds is 4. The van der Waals surface area contributed by atoms with Crippen molar-refractivity contribution in [3.8, 4) is 0 Å². The molecule has 2 rings (SSSR count). The van der Waals surface area contributed by atoms with Gasteiger partial charge < -0.3 is 5.32 Å². The first-order valence-electron chi connectivity index (χ1n) is 6.68. The Morgan fingerprint density at radius 1 is 1.59 bits per heavy atom. The molecule has 17 heavy (non-hydrogen) atoms. The average Bonchev–Trinajstić information content (AvgIpc) is 2.76. The molecule has 1 fully saturated rings. The smallest absolute Gasteiger partial charge is 0.0764 e. The van der Waals surface area contributed by atoms with Crippen molar-refractivity contribution in [2.75, 3.05) is 19.6 Å². The fourth-order valence-electron chi connectivity index (χ4n) is 2.28. The second kappa shape index (κ2) is 5.65. The minimum Gasteiger partial charge on any atom is -0.312 e. The average molecular weight is 236 g/mol. The van der Waals surface area contributed by atoms with Gasteiger partial charge in [0.05, 0.1) is 5.69 Å². The van der Waals surface area contributed by atoms with Crippen LogP contribution in [0.5, 0.6) is 0 Å². The molecule has 2 heterocycles. The molecule has 1 N–H and O–H groups in total. The summed E-state index contributed by atoms with van der Waals surface area (Å²) in [7, 11) is 0. The van der Waals surface area contributed by atoms with Crippen LogP contribution in [0.2, 0.25) is 0 Å². The maximum Gasteiger partial charge on any atom is 0.0764 e. The van der Waals surface area contributed by atoms with E-state index in [-0.39, 0.29) is 0 Å². The lowest BCUT2D eigenvalue weighted by Gasteiger charge is -2.31. The van der Waals surface area contributed by atoms with Crippen LogP contribution in [0, 0.1) is 0 Å². The lowest BCUT2D eigenvalue weighted by atomic mass is 10.2. The van der Waals surface area contributed by atoms with Crippen LogP contribution in [-0.2, 0) is 6.54 Å². The summed E-state index contributed by atoms with van der Waals surface area (Å²) in [6.45, 7) is 11.0. The molecule has 0 aromatic carbocycles. The monoisotopic (exact) mass is 236 g/mol. The molecule has 0 saturated carbocycles. The van der Waals surface area contributed by atoms with Crippen LogP contribution in [0.3, 0.4) is 0 Å². The summed E-state index contributed by atoms with van der Waals surface area (Å²) in [5.74, 6) is 0. The molecule has 0 spiro atoms. The first-order valence-corrected chi connectivity index (χ1v) is 6.68. The highest BCUT2D eigenvalue weighted by Crippen LogP contribution is 2.11. The van der Waals surface area contributed by atoms with E-state index in [1.807, 2.05) is 0 Å². The summed E-state index contributed by atoms with van der Waals surface area (Å²) in [5.41, 5.74) is 1.19. The van der Waals surface area contributed by atoms with E-state index in [9.17, 15) is 0 Å². The second-order valence-electron chi connectivity index (χ2n) is 5.13. The quantitative estimate of drug-likeness (QED) is 0.863. The molecule has 1 aromatic heterocycles. The summed E-state index contributed by atoms with van der Waals surface area (Å²) in [5, 5.41) is 8.12. The van der Waals surface area contributed by atoms with Crippen molar-refractivity contribution in [2.45, 2.75) is 45.8 Å². The normalized spacial score (nSPS) is 23.8. The fourth-order valence-corrected chi connectivity index (χ4v) is 2.28. The van der Waals surface area contributed by atoms with Gasteiger partial charge in [0.2, 0.25) is 0 Å². The Labute approximate surface area is 104 Å². The molecule has 1 aliphatic rings. The molecular weight excluding hydrogens is 212 g/mol. The fraction of sp³-hybridized carbons (Fsp3) is 0.769. The minimum absolute atomic E-state index is 0.505.